The molecule has 0 heterocycles. The largest absolute Gasteiger partial charge is 0.409 e. The number of amidine groups is 1. The molecule has 0 saturated heterocycles. The van der Waals surface area contributed by atoms with E-state index in [4.69, 9.17) is 10.9 Å². The molecule has 0 amide bonds. The van der Waals surface area contributed by atoms with E-state index >= 15 is 0 Å². The van der Waals surface area contributed by atoms with Crippen molar-refractivity contribution in [3.05, 3.63) is 0 Å². The third-order valence-corrected chi connectivity index (χ3v) is 3.39. The van der Waals surface area contributed by atoms with Gasteiger partial charge in [0.05, 0.1) is 0 Å². The lowest BCUT2D eigenvalue weighted by Crippen LogP contribution is -2.23. The van der Waals surface area contributed by atoms with Crippen LogP contribution in [0.15, 0.2) is 5.16 Å². The molecule has 0 atom stereocenters. The van der Waals surface area contributed by atoms with E-state index < -0.39 is 0 Å². The van der Waals surface area contributed by atoms with Crippen molar-refractivity contribution in [2.75, 3.05) is 0 Å². The van der Waals surface area contributed by atoms with Crippen molar-refractivity contribution in [3.8, 4) is 0 Å². The van der Waals surface area contributed by atoms with Crippen LogP contribution in [0.3, 0.4) is 0 Å². The predicted molar refractivity (Wildman–Crippen MR) is 63.1 cm³/mol. The van der Waals surface area contributed by atoms with Crippen LogP contribution >= 0.6 is 0 Å². The van der Waals surface area contributed by atoms with Gasteiger partial charge in [0.15, 0.2) is 0 Å². The van der Waals surface area contributed by atoms with E-state index in [-0.39, 0.29) is 0 Å². The average Bonchev–Trinajstić information content (AvgIpc) is 2.32. The molecule has 0 aliphatic heterocycles. The Balaban J connectivity index is 2.38. The SMILES string of the molecule is N/C(=N\O)C1CCCCCCCCCC1. The summed E-state index contributed by atoms with van der Waals surface area (Å²) in [6, 6.07) is 0. The number of nitrogens with two attached hydrogens (primary N) is 1. The van der Waals surface area contributed by atoms with E-state index in [9.17, 15) is 0 Å². The lowest BCUT2D eigenvalue weighted by Gasteiger charge is -2.14. The van der Waals surface area contributed by atoms with Gasteiger partial charge in [-0.2, -0.15) is 0 Å². The molecule has 0 aromatic carbocycles. The fourth-order valence-corrected chi connectivity index (χ4v) is 2.36. The number of nitrogens with zero attached hydrogens (tertiary/aromatic N) is 1. The molecule has 0 aromatic rings. The van der Waals surface area contributed by atoms with Crippen LogP contribution < -0.4 is 5.73 Å². The minimum absolute atomic E-state index is 0.313. The molecule has 3 nitrogen and oxygen atoms in total. The molecule has 3 heteroatoms. The second kappa shape index (κ2) is 7.55. The number of oxime groups is 1. The Morgan fingerprint density at radius 2 is 1.27 bits per heavy atom. The van der Waals surface area contributed by atoms with Crippen LogP contribution in [0.4, 0.5) is 0 Å². The summed E-state index contributed by atoms with van der Waals surface area (Å²) < 4.78 is 0. The van der Waals surface area contributed by atoms with Gasteiger partial charge in [0, 0.05) is 5.92 Å². The highest BCUT2D eigenvalue weighted by Crippen LogP contribution is 2.21. The molecule has 3 N–H and O–H groups in total. The first-order valence-electron chi connectivity index (χ1n) is 6.32. The maximum absolute atomic E-state index is 8.69. The topological polar surface area (TPSA) is 58.6 Å². The minimum atomic E-state index is 0.313. The van der Waals surface area contributed by atoms with E-state index in [1.807, 2.05) is 0 Å². The molecule has 1 fully saturated rings. The molecular formula is C12H24N2O. The quantitative estimate of drug-likeness (QED) is 0.303. The van der Waals surface area contributed by atoms with Crippen molar-refractivity contribution in [2.45, 2.75) is 64.2 Å². The Hall–Kier alpha value is -0.730. The molecule has 0 bridgehead atoms. The van der Waals surface area contributed by atoms with Gasteiger partial charge >= 0.3 is 0 Å². The molecule has 1 rings (SSSR count). The van der Waals surface area contributed by atoms with Gasteiger partial charge in [-0.15, -0.1) is 0 Å². The summed E-state index contributed by atoms with van der Waals surface area (Å²) in [5.74, 6) is 0.752. The van der Waals surface area contributed by atoms with Crippen LogP contribution in [0.25, 0.3) is 0 Å². The number of hydrogen-bond acceptors (Lipinski definition) is 2. The molecule has 1 aliphatic rings. The summed E-state index contributed by atoms with van der Waals surface area (Å²) in [6.07, 6.45) is 12.7. The molecule has 0 radical (unpaired) electrons. The van der Waals surface area contributed by atoms with Crippen molar-refractivity contribution >= 4 is 5.84 Å². The molecule has 0 spiro atoms. The number of rotatable bonds is 1. The Kier molecular flexibility index (Phi) is 6.21. The van der Waals surface area contributed by atoms with Crippen molar-refractivity contribution < 1.29 is 5.21 Å². The highest BCUT2D eigenvalue weighted by Gasteiger charge is 2.13. The fraction of sp³-hybridized carbons (Fsp3) is 0.917. The highest BCUT2D eigenvalue weighted by atomic mass is 16.4. The summed E-state index contributed by atoms with van der Waals surface area (Å²) in [7, 11) is 0. The fourth-order valence-electron chi connectivity index (χ4n) is 2.36. The molecule has 1 saturated carbocycles. The average molecular weight is 212 g/mol. The van der Waals surface area contributed by atoms with Crippen LogP contribution in [-0.4, -0.2) is 11.0 Å². The van der Waals surface area contributed by atoms with E-state index in [2.05, 4.69) is 5.16 Å². The van der Waals surface area contributed by atoms with E-state index in [0.717, 1.165) is 12.8 Å². The Morgan fingerprint density at radius 3 is 1.67 bits per heavy atom. The Morgan fingerprint density at radius 1 is 0.867 bits per heavy atom. The maximum Gasteiger partial charge on any atom is 0.142 e. The van der Waals surface area contributed by atoms with Gasteiger partial charge in [-0.3, -0.25) is 0 Å². The maximum atomic E-state index is 8.69. The zero-order valence-corrected chi connectivity index (χ0v) is 9.62. The van der Waals surface area contributed by atoms with Crippen molar-refractivity contribution in [2.24, 2.45) is 16.8 Å². The summed E-state index contributed by atoms with van der Waals surface area (Å²) in [5, 5.41) is 11.8. The summed E-state index contributed by atoms with van der Waals surface area (Å²) in [6.45, 7) is 0. The molecule has 15 heavy (non-hydrogen) atoms. The Labute approximate surface area is 92.7 Å². The summed E-state index contributed by atoms with van der Waals surface area (Å²) in [4.78, 5) is 0. The first-order chi connectivity index (χ1) is 7.34. The van der Waals surface area contributed by atoms with Crippen molar-refractivity contribution in [1.82, 2.24) is 0 Å². The molecular weight excluding hydrogens is 188 g/mol. The second-order valence-electron chi connectivity index (χ2n) is 4.63. The zero-order chi connectivity index (χ0) is 10.9. The first-order valence-corrected chi connectivity index (χ1v) is 6.32. The lowest BCUT2D eigenvalue weighted by molar-refractivity contribution is 0.311. The highest BCUT2D eigenvalue weighted by molar-refractivity contribution is 5.82. The van der Waals surface area contributed by atoms with Gasteiger partial charge in [0.1, 0.15) is 5.84 Å². The van der Waals surface area contributed by atoms with Crippen LogP contribution in [0.5, 0.6) is 0 Å². The van der Waals surface area contributed by atoms with E-state index in [1.54, 1.807) is 0 Å². The van der Waals surface area contributed by atoms with Gasteiger partial charge < -0.3 is 10.9 Å². The van der Waals surface area contributed by atoms with Gasteiger partial charge in [0.25, 0.3) is 0 Å². The van der Waals surface area contributed by atoms with Crippen molar-refractivity contribution in [3.63, 3.8) is 0 Å². The van der Waals surface area contributed by atoms with Gasteiger partial charge in [-0.25, -0.2) is 0 Å². The number of hydrogen-bond donors (Lipinski definition) is 2. The molecule has 0 unspecified atom stereocenters. The van der Waals surface area contributed by atoms with Crippen LogP contribution in [0.2, 0.25) is 0 Å². The second-order valence-corrected chi connectivity index (χ2v) is 4.63. The monoisotopic (exact) mass is 212 g/mol. The van der Waals surface area contributed by atoms with Gasteiger partial charge in [0.2, 0.25) is 0 Å². The molecule has 1 aliphatic carbocycles. The zero-order valence-electron chi connectivity index (χ0n) is 9.62. The van der Waals surface area contributed by atoms with Gasteiger partial charge in [-0.05, 0) is 12.8 Å². The molecule has 0 aromatic heterocycles. The Bertz CT molecular complexity index is 180. The summed E-state index contributed by atoms with van der Waals surface area (Å²) >= 11 is 0. The van der Waals surface area contributed by atoms with Gasteiger partial charge in [-0.1, -0.05) is 56.5 Å². The van der Waals surface area contributed by atoms with Crippen LogP contribution in [0.1, 0.15) is 64.2 Å². The van der Waals surface area contributed by atoms with E-state index in [0.29, 0.717) is 11.8 Å². The molecule has 88 valence electrons. The minimum Gasteiger partial charge on any atom is -0.409 e. The third kappa shape index (κ3) is 5.05. The first kappa shape index (κ1) is 12.3. The standard InChI is InChI=1S/C12H24N2O/c13-12(14-15)11-9-7-5-3-1-2-4-6-8-10-11/h11,15H,1-10H2,(H2,13,14). The van der Waals surface area contributed by atoms with Crippen molar-refractivity contribution in [1.29, 1.82) is 0 Å². The summed E-state index contributed by atoms with van der Waals surface area (Å²) in [5.41, 5.74) is 5.70. The van der Waals surface area contributed by atoms with E-state index in [1.165, 1.54) is 51.4 Å². The lowest BCUT2D eigenvalue weighted by atomic mass is 9.94. The van der Waals surface area contributed by atoms with Crippen LogP contribution in [0, 0.1) is 5.92 Å². The normalized spacial score (nSPS) is 23.3. The van der Waals surface area contributed by atoms with Crippen LogP contribution in [-0.2, 0) is 0 Å². The smallest absolute Gasteiger partial charge is 0.142 e. The third-order valence-electron chi connectivity index (χ3n) is 3.39. The predicted octanol–water partition coefficient (Wildman–Crippen LogP) is 3.26.